The van der Waals surface area contributed by atoms with Crippen molar-refractivity contribution in [1.82, 2.24) is 4.90 Å². The Kier molecular flexibility index (Phi) is 7.47. The Bertz CT molecular complexity index is 946. The highest BCUT2D eigenvalue weighted by molar-refractivity contribution is 5.86. The monoisotopic (exact) mass is 462 g/mol. The molecule has 0 aromatic heterocycles. The fourth-order valence-electron chi connectivity index (χ4n) is 5.13. The largest absolute Gasteiger partial charge is 0.466 e. The van der Waals surface area contributed by atoms with Crippen molar-refractivity contribution >= 4 is 22.4 Å². The zero-order valence-electron chi connectivity index (χ0n) is 19.2. The predicted octanol–water partition coefficient (Wildman–Crippen LogP) is 6.15. The van der Waals surface area contributed by atoms with Crippen LogP contribution in [0.2, 0.25) is 0 Å². The molecule has 4 rings (SSSR count). The summed E-state index contributed by atoms with van der Waals surface area (Å²) < 4.78 is 43.8. The molecule has 2 aromatic carbocycles. The van der Waals surface area contributed by atoms with E-state index in [2.05, 4.69) is 40.5 Å². The molecule has 0 spiro atoms. The number of alkyl halides is 3. The number of rotatable bonds is 6. The minimum Gasteiger partial charge on any atom is -0.466 e. The number of hydrogen-bond acceptors (Lipinski definition) is 4. The van der Waals surface area contributed by atoms with Crippen LogP contribution in [0.15, 0.2) is 36.4 Å². The van der Waals surface area contributed by atoms with Crippen molar-refractivity contribution in [3.05, 3.63) is 42.0 Å². The molecule has 180 valence electrons. The Morgan fingerprint density at radius 2 is 1.67 bits per heavy atom. The van der Waals surface area contributed by atoms with Crippen molar-refractivity contribution in [2.45, 2.75) is 64.2 Å². The number of ether oxygens (including phenoxy) is 1. The molecule has 1 aliphatic heterocycles. The third-order valence-corrected chi connectivity index (χ3v) is 7.08. The van der Waals surface area contributed by atoms with Crippen molar-refractivity contribution in [3.63, 3.8) is 0 Å². The van der Waals surface area contributed by atoms with E-state index in [-0.39, 0.29) is 30.8 Å². The lowest BCUT2D eigenvalue weighted by Gasteiger charge is -2.31. The van der Waals surface area contributed by atoms with E-state index in [1.54, 1.807) is 0 Å². The quantitative estimate of drug-likeness (QED) is 0.523. The van der Waals surface area contributed by atoms with E-state index < -0.39 is 12.1 Å². The number of nitrogens with one attached hydrogen (secondary N) is 1. The number of halogens is 3. The van der Waals surface area contributed by atoms with E-state index in [0.717, 1.165) is 48.9 Å². The van der Waals surface area contributed by atoms with Crippen molar-refractivity contribution < 1.29 is 22.7 Å². The number of benzene rings is 2. The number of piperidine rings is 1. The standard InChI is InChI=1S/C26H33F3N2O2/c1-2-33-25(32)19-11-13-31(14-12-19)17-18-3-4-21-16-24(8-5-20(21)15-18)30-23-9-6-22(7-10-23)26(27,28)29/h3-5,8,15-16,19,22-23,30H,2,6-7,9-14,17H2,1H3/t22-,23+. The van der Waals surface area contributed by atoms with Gasteiger partial charge in [-0.25, -0.2) is 0 Å². The summed E-state index contributed by atoms with van der Waals surface area (Å²) in [5.74, 6) is -1.20. The molecule has 1 heterocycles. The van der Waals surface area contributed by atoms with Crippen LogP contribution in [0.25, 0.3) is 10.8 Å². The zero-order chi connectivity index (χ0) is 23.4. The smallest absolute Gasteiger partial charge is 0.391 e. The molecule has 0 amide bonds. The van der Waals surface area contributed by atoms with E-state index in [9.17, 15) is 18.0 Å². The summed E-state index contributed by atoms with van der Waals surface area (Å²) in [7, 11) is 0. The van der Waals surface area contributed by atoms with Gasteiger partial charge in [-0.1, -0.05) is 18.2 Å². The van der Waals surface area contributed by atoms with Crippen LogP contribution in [-0.4, -0.2) is 42.8 Å². The molecule has 1 saturated heterocycles. The van der Waals surface area contributed by atoms with Gasteiger partial charge >= 0.3 is 12.1 Å². The number of carbonyl (C=O) groups excluding carboxylic acids is 1. The number of anilines is 1. The maximum atomic E-state index is 12.9. The van der Waals surface area contributed by atoms with Crippen molar-refractivity contribution in [3.8, 4) is 0 Å². The molecule has 0 radical (unpaired) electrons. The molecule has 4 nitrogen and oxygen atoms in total. The van der Waals surface area contributed by atoms with E-state index in [1.807, 2.05) is 13.0 Å². The number of esters is 1. The number of carbonyl (C=O) groups is 1. The van der Waals surface area contributed by atoms with Crippen molar-refractivity contribution in [2.75, 3.05) is 25.0 Å². The first-order valence-corrected chi connectivity index (χ1v) is 12.1. The van der Waals surface area contributed by atoms with Gasteiger partial charge in [0, 0.05) is 18.3 Å². The summed E-state index contributed by atoms with van der Waals surface area (Å²) in [5, 5.41) is 5.71. The molecule has 2 aromatic rings. The molecule has 0 unspecified atom stereocenters. The van der Waals surface area contributed by atoms with Crippen LogP contribution in [0.1, 0.15) is 51.0 Å². The second kappa shape index (κ2) is 10.3. The lowest BCUT2D eigenvalue weighted by Crippen LogP contribution is -2.36. The molecule has 2 aliphatic rings. The Morgan fingerprint density at radius 1 is 1.00 bits per heavy atom. The first-order valence-electron chi connectivity index (χ1n) is 12.1. The van der Waals surface area contributed by atoms with Crippen LogP contribution in [0.5, 0.6) is 0 Å². The third kappa shape index (κ3) is 6.19. The second-order valence-electron chi connectivity index (χ2n) is 9.43. The average Bonchev–Trinajstić information content (AvgIpc) is 2.79. The SMILES string of the molecule is CCOC(=O)C1CCN(Cc2ccc3cc(N[C@H]4CC[C@@H](C(F)(F)F)CC4)ccc3c2)CC1. The molecule has 0 atom stereocenters. The Morgan fingerprint density at radius 3 is 2.33 bits per heavy atom. The summed E-state index contributed by atoms with van der Waals surface area (Å²) in [6, 6.07) is 12.7. The Balaban J connectivity index is 1.31. The zero-order valence-corrected chi connectivity index (χ0v) is 19.2. The van der Waals surface area contributed by atoms with Gasteiger partial charge in [-0.05, 0) is 93.1 Å². The fourth-order valence-corrected chi connectivity index (χ4v) is 5.13. The Hall–Kier alpha value is -2.28. The van der Waals surface area contributed by atoms with Gasteiger partial charge in [-0.15, -0.1) is 0 Å². The molecule has 1 N–H and O–H groups in total. The van der Waals surface area contributed by atoms with Crippen LogP contribution >= 0.6 is 0 Å². The highest BCUT2D eigenvalue weighted by Crippen LogP contribution is 2.38. The summed E-state index contributed by atoms with van der Waals surface area (Å²) in [6.45, 7) is 4.91. The first kappa shape index (κ1) is 23.9. The Labute approximate surface area is 193 Å². The minimum atomic E-state index is -4.07. The summed E-state index contributed by atoms with van der Waals surface area (Å²) in [4.78, 5) is 14.3. The topological polar surface area (TPSA) is 41.6 Å². The lowest BCUT2D eigenvalue weighted by molar-refractivity contribution is -0.182. The summed E-state index contributed by atoms with van der Waals surface area (Å²) in [5.41, 5.74) is 2.20. The van der Waals surface area contributed by atoms with Gasteiger partial charge in [0.15, 0.2) is 0 Å². The molecule has 1 aliphatic carbocycles. The third-order valence-electron chi connectivity index (χ3n) is 7.08. The maximum Gasteiger partial charge on any atom is 0.391 e. The van der Waals surface area contributed by atoms with E-state index in [1.165, 1.54) is 5.56 Å². The number of likely N-dealkylation sites (tertiary alicyclic amines) is 1. The number of fused-ring (bicyclic) bond motifs is 1. The van der Waals surface area contributed by atoms with Crippen LogP contribution in [-0.2, 0) is 16.1 Å². The van der Waals surface area contributed by atoms with Crippen LogP contribution < -0.4 is 5.32 Å². The molecule has 2 fully saturated rings. The molecular formula is C26H33F3N2O2. The van der Waals surface area contributed by atoms with E-state index in [0.29, 0.717) is 19.4 Å². The average molecular weight is 463 g/mol. The van der Waals surface area contributed by atoms with Crippen molar-refractivity contribution in [2.24, 2.45) is 11.8 Å². The van der Waals surface area contributed by atoms with Gasteiger partial charge in [-0.3, -0.25) is 9.69 Å². The normalized spacial score (nSPS) is 22.9. The van der Waals surface area contributed by atoms with Crippen LogP contribution in [0.3, 0.4) is 0 Å². The van der Waals surface area contributed by atoms with Gasteiger partial charge in [0.05, 0.1) is 18.4 Å². The van der Waals surface area contributed by atoms with E-state index in [4.69, 9.17) is 4.74 Å². The maximum absolute atomic E-state index is 12.9. The summed E-state index contributed by atoms with van der Waals surface area (Å²) in [6.07, 6.45) is -0.882. The molecule has 7 heteroatoms. The van der Waals surface area contributed by atoms with Gasteiger partial charge in [0.2, 0.25) is 0 Å². The van der Waals surface area contributed by atoms with Crippen LogP contribution in [0, 0.1) is 11.8 Å². The van der Waals surface area contributed by atoms with Gasteiger partial charge in [-0.2, -0.15) is 13.2 Å². The molecule has 1 saturated carbocycles. The van der Waals surface area contributed by atoms with Gasteiger partial charge in [0.25, 0.3) is 0 Å². The lowest BCUT2D eigenvalue weighted by atomic mass is 9.85. The van der Waals surface area contributed by atoms with Crippen LogP contribution in [0.4, 0.5) is 18.9 Å². The van der Waals surface area contributed by atoms with Crippen molar-refractivity contribution in [1.29, 1.82) is 0 Å². The molecule has 0 bridgehead atoms. The fraction of sp³-hybridized carbons (Fsp3) is 0.577. The highest BCUT2D eigenvalue weighted by atomic mass is 19.4. The highest BCUT2D eigenvalue weighted by Gasteiger charge is 2.41. The van der Waals surface area contributed by atoms with Gasteiger partial charge < -0.3 is 10.1 Å². The first-order chi connectivity index (χ1) is 15.8. The number of hydrogen-bond donors (Lipinski definition) is 1. The second-order valence-corrected chi connectivity index (χ2v) is 9.43. The predicted molar refractivity (Wildman–Crippen MR) is 124 cm³/mol. The van der Waals surface area contributed by atoms with E-state index >= 15 is 0 Å². The molecule has 33 heavy (non-hydrogen) atoms. The number of nitrogens with zero attached hydrogens (tertiary/aromatic N) is 1. The van der Waals surface area contributed by atoms with Gasteiger partial charge in [0.1, 0.15) is 0 Å². The molecular weight excluding hydrogens is 429 g/mol. The summed E-state index contributed by atoms with van der Waals surface area (Å²) >= 11 is 0. The minimum absolute atomic E-state index is 0.0206.